The second kappa shape index (κ2) is 10.6. The van der Waals surface area contributed by atoms with Crippen LogP contribution in [-0.2, 0) is 14.4 Å². The summed E-state index contributed by atoms with van der Waals surface area (Å²) < 4.78 is 0. The number of rotatable bonds is 10. The Morgan fingerprint density at radius 3 is 2.49 bits per heavy atom. The molecule has 0 radical (unpaired) electrons. The summed E-state index contributed by atoms with van der Waals surface area (Å²) in [5.74, 6) is 0.0409. The average molecular weight is 491 g/mol. The minimum Gasteiger partial charge on any atom is -0.480 e. The number of aliphatic hydroxyl groups is 1. The molecule has 3 N–H and O–H groups in total. The monoisotopic (exact) mass is 490 g/mol. The van der Waals surface area contributed by atoms with Gasteiger partial charge in [-0.2, -0.15) is 0 Å². The summed E-state index contributed by atoms with van der Waals surface area (Å²) in [6, 6.07) is 0. The summed E-state index contributed by atoms with van der Waals surface area (Å²) >= 11 is 0. The van der Waals surface area contributed by atoms with Crippen LogP contribution >= 0.6 is 0 Å². The molecular formula is C27H42N2O6. The molecule has 3 saturated carbocycles. The summed E-state index contributed by atoms with van der Waals surface area (Å²) in [6.07, 6.45) is 12.4. The first kappa shape index (κ1) is 26.1. The fraction of sp³-hybridized carbons (Fsp3) is 0.815. The van der Waals surface area contributed by atoms with Gasteiger partial charge in [0, 0.05) is 0 Å². The zero-order chi connectivity index (χ0) is 25.2. The van der Waals surface area contributed by atoms with Crippen molar-refractivity contribution < 1.29 is 29.7 Å². The van der Waals surface area contributed by atoms with Crippen molar-refractivity contribution in [1.29, 1.82) is 0 Å². The number of hydrogen-bond acceptors (Lipinski definition) is 6. The molecule has 8 heteroatoms. The predicted octanol–water partition coefficient (Wildman–Crippen LogP) is 3.93. The highest BCUT2D eigenvalue weighted by atomic mass is 16.6. The van der Waals surface area contributed by atoms with Crippen LogP contribution in [0.15, 0.2) is 16.8 Å². The third-order valence-corrected chi connectivity index (χ3v) is 9.79. The topological polar surface area (TPSA) is 120 Å². The first-order chi connectivity index (χ1) is 16.6. The Hall–Kier alpha value is -1.93. The van der Waals surface area contributed by atoms with Crippen LogP contribution in [0.1, 0.15) is 78.1 Å². The van der Waals surface area contributed by atoms with E-state index < -0.39 is 11.9 Å². The van der Waals surface area contributed by atoms with E-state index in [4.69, 9.17) is 15.1 Å². The maximum absolute atomic E-state index is 10.9. The number of nitrogens with zero attached hydrogens (tertiary/aromatic N) is 2. The maximum atomic E-state index is 10.9. The Labute approximate surface area is 208 Å². The van der Waals surface area contributed by atoms with Gasteiger partial charge in [-0.25, -0.2) is 0 Å². The number of allylic oxidation sites excluding steroid dienone is 2. The maximum Gasteiger partial charge on any atom is 0.317 e. The van der Waals surface area contributed by atoms with E-state index in [9.17, 15) is 14.7 Å². The van der Waals surface area contributed by atoms with E-state index in [-0.39, 0.29) is 30.0 Å². The lowest BCUT2D eigenvalue weighted by Gasteiger charge is -2.57. The summed E-state index contributed by atoms with van der Waals surface area (Å²) in [5, 5.41) is 32.9. The van der Waals surface area contributed by atoms with Crippen molar-refractivity contribution in [2.45, 2.75) is 84.2 Å². The van der Waals surface area contributed by atoms with Crippen LogP contribution in [0.2, 0.25) is 0 Å². The largest absolute Gasteiger partial charge is 0.480 e. The molecule has 0 heterocycles. The zero-order valence-electron chi connectivity index (χ0n) is 21.2. The molecule has 6 atom stereocenters. The molecule has 4 rings (SSSR count). The van der Waals surface area contributed by atoms with Gasteiger partial charge >= 0.3 is 11.9 Å². The zero-order valence-corrected chi connectivity index (χ0v) is 21.2. The van der Waals surface area contributed by atoms with Gasteiger partial charge in [-0.1, -0.05) is 24.6 Å². The Bertz CT molecular complexity index is 856. The molecule has 0 bridgehead atoms. The highest BCUT2D eigenvalue weighted by Gasteiger charge is 2.58. The standard InChI is InChI=1S/C27H42N2O6/c1-26-11-9-19(28-35-14-4-3-13-29(16-24(31)32)17-25(33)34)15-18(26)5-6-20-21-7-8-23(30)27(21,2)12-10-22(20)26/h15,20-23,30H,3-14,16-17H2,1-2H3,(H,31,32)(H,33,34)/b28-19+/t20-,21-,22-,23-,26-,27-/m0/s1. The highest BCUT2D eigenvalue weighted by molar-refractivity contribution is 5.96. The summed E-state index contributed by atoms with van der Waals surface area (Å²) in [5.41, 5.74) is 2.87. The molecule has 0 aromatic rings. The Morgan fingerprint density at radius 2 is 1.77 bits per heavy atom. The molecule has 3 fully saturated rings. The van der Waals surface area contributed by atoms with Crippen molar-refractivity contribution in [2.75, 3.05) is 26.2 Å². The van der Waals surface area contributed by atoms with Crippen LogP contribution in [-0.4, -0.2) is 70.2 Å². The fourth-order valence-electron chi connectivity index (χ4n) is 7.84. The SMILES string of the molecule is C[C@]12CC[C@H]3[C@@H](CCC4=C/C(=N/OCCCCN(CC(=O)O)CC(=O)O)CC[C@@]43C)[C@@H]1CC[C@@H]2O. The normalized spacial score (nSPS) is 37.4. The molecule has 35 heavy (non-hydrogen) atoms. The second-order valence-corrected chi connectivity index (χ2v) is 11.8. The van der Waals surface area contributed by atoms with E-state index in [1.165, 1.54) is 29.7 Å². The third-order valence-electron chi connectivity index (χ3n) is 9.79. The van der Waals surface area contributed by atoms with Crippen molar-refractivity contribution in [3.05, 3.63) is 11.6 Å². The number of carboxylic acid groups (broad SMARTS) is 2. The van der Waals surface area contributed by atoms with E-state index in [0.29, 0.717) is 37.8 Å². The first-order valence-corrected chi connectivity index (χ1v) is 13.4. The lowest BCUT2D eigenvalue weighted by Crippen LogP contribution is -2.51. The second-order valence-electron chi connectivity index (χ2n) is 11.8. The Kier molecular flexibility index (Phi) is 7.91. The number of oxime groups is 1. The lowest BCUT2D eigenvalue weighted by molar-refractivity contribution is -0.141. The number of aliphatic hydroxyl groups excluding tert-OH is 1. The summed E-state index contributed by atoms with van der Waals surface area (Å²) in [7, 11) is 0. The van der Waals surface area contributed by atoms with Gasteiger partial charge in [-0.05, 0) is 105 Å². The van der Waals surface area contributed by atoms with Crippen LogP contribution in [0.5, 0.6) is 0 Å². The van der Waals surface area contributed by atoms with Gasteiger partial charge in [0.15, 0.2) is 0 Å². The van der Waals surface area contributed by atoms with Gasteiger partial charge in [0.2, 0.25) is 0 Å². The molecular weight excluding hydrogens is 448 g/mol. The van der Waals surface area contributed by atoms with E-state index in [1.54, 1.807) is 0 Å². The van der Waals surface area contributed by atoms with Crippen LogP contribution in [0, 0.1) is 28.6 Å². The van der Waals surface area contributed by atoms with Gasteiger partial charge in [-0.15, -0.1) is 0 Å². The van der Waals surface area contributed by atoms with Crippen LogP contribution < -0.4 is 0 Å². The van der Waals surface area contributed by atoms with Crippen molar-refractivity contribution in [3.63, 3.8) is 0 Å². The summed E-state index contributed by atoms with van der Waals surface area (Å²) in [6.45, 7) is 5.08. The molecule has 4 aliphatic rings. The average Bonchev–Trinajstić information content (AvgIpc) is 3.09. The smallest absolute Gasteiger partial charge is 0.317 e. The molecule has 0 spiro atoms. The summed E-state index contributed by atoms with van der Waals surface area (Å²) in [4.78, 5) is 28.8. The van der Waals surface area contributed by atoms with Crippen molar-refractivity contribution >= 4 is 17.7 Å². The quantitative estimate of drug-likeness (QED) is 0.313. The molecule has 0 aliphatic heterocycles. The van der Waals surface area contributed by atoms with E-state index in [1.807, 2.05) is 0 Å². The molecule has 0 saturated heterocycles. The van der Waals surface area contributed by atoms with Gasteiger partial charge < -0.3 is 20.2 Å². The Balaban J connectivity index is 1.28. The van der Waals surface area contributed by atoms with E-state index >= 15 is 0 Å². The molecule has 196 valence electrons. The highest BCUT2D eigenvalue weighted by Crippen LogP contribution is 2.65. The number of carbonyl (C=O) groups is 2. The van der Waals surface area contributed by atoms with Gasteiger partial charge in [0.1, 0.15) is 6.61 Å². The van der Waals surface area contributed by atoms with E-state index in [0.717, 1.165) is 43.7 Å². The minimum absolute atomic E-state index is 0.117. The number of unbranched alkanes of at least 4 members (excludes halogenated alkanes) is 1. The van der Waals surface area contributed by atoms with Crippen molar-refractivity contribution in [3.8, 4) is 0 Å². The minimum atomic E-state index is -1.02. The number of aliphatic carboxylic acids is 2. The fourth-order valence-corrected chi connectivity index (χ4v) is 7.84. The lowest BCUT2D eigenvalue weighted by atomic mass is 9.47. The van der Waals surface area contributed by atoms with Gasteiger partial charge in [0.05, 0.1) is 24.9 Å². The first-order valence-electron chi connectivity index (χ1n) is 13.4. The number of fused-ring (bicyclic) bond motifs is 5. The van der Waals surface area contributed by atoms with Crippen molar-refractivity contribution in [2.24, 2.45) is 33.7 Å². The Morgan fingerprint density at radius 1 is 1.03 bits per heavy atom. The van der Waals surface area contributed by atoms with Gasteiger partial charge in [-0.3, -0.25) is 14.5 Å². The number of carboxylic acids is 2. The predicted molar refractivity (Wildman–Crippen MR) is 132 cm³/mol. The van der Waals surface area contributed by atoms with E-state index in [2.05, 4.69) is 25.1 Å². The van der Waals surface area contributed by atoms with Gasteiger partial charge in [0.25, 0.3) is 0 Å². The number of hydrogen-bond donors (Lipinski definition) is 3. The third kappa shape index (κ3) is 5.43. The molecule has 0 unspecified atom stereocenters. The molecule has 0 aromatic heterocycles. The molecule has 8 nitrogen and oxygen atoms in total. The van der Waals surface area contributed by atoms with Crippen molar-refractivity contribution in [1.82, 2.24) is 4.90 Å². The molecule has 0 aromatic carbocycles. The molecule has 0 amide bonds. The van der Waals surface area contributed by atoms with Crippen LogP contribution in [0.25, 0.3) is 0 Å². The van der Waals surface area contributed by atoms with Crippen LogP contribution in [0.4, 0.5) is 0 Å². The van der Waals surface area contributed by atoms with Crippen LogP contribution in [0.3, 0.4) is 0 Å². The molecule has 4 aliphatic carbocycles.